The maximum Gasteiger partial charge on any atom is 0.224 e. The Labute approximate surface area is 106 Å². The molecule has 3 N–H and O–H groups in total. The van der Waals surface area contributed by atoms with E-state index in [1.165, 1.54) is 0 Å². The minimum absolute atomic E-state index is 0.0104. The third kappa shape index (κ3) is 2.65. The molecule has 1 aromatic heterocycles. The van der Waals surface area contributed by atoms with Crippen molar-refractivity contribution in [2.45, 2.75) is 6.42 Å². The van der Waals surface area contributed by atoms with Gasteiger partial charge in [0.1, 0.15) is 0 Å². The summed E-state index contributed by atoms with van der Waals surface area (Å²) in [6.45, 7) is 0.352. The van der Waals surface area contributed by atoms with Gasteiger partial charge in [-0.05, 0) is 30.2 Å². The maximum atomic E-state index is 11.6. The van der Waals surface area contributed by atoms with Gasteiger partial charge in [-0.25, -0.2) is 0 Å². The van der Waals surface area contributed by atoms with Crippen LogP contribution in [-0.2, 0) is 11.2 Å². The van der Waals surface area contributed by atoms with Gasteiger partial charge in [-0.1, -0.05) is 12.1 Å². The first kappa shape index (κ1) is 12.5. The minimum atomic E-state index is -0.177. The van der Waals surface area contributed by atoms with Crippen LogP contribution in [0, 0.1) is 5.92 Å². The van der Waals surface area contributed by atoms with E-state index in [4.69, 9.17) is 5.73 Å². The zero-order chi connectivity index (χ0) is 13.0. The molecule has 1 aromatic carbocycles. The molecule has 4 nitrogen and oxygen atoms in total. The average molecular weight is 243 g/mol. The number of amides is 1. The van der Waals surface area contributed by atoms with Crippen LogP contribution < -0.4 is 11.1 Å². The summed E-state index contributed by atoms with van der Waals surface area (Å²) in [5.74, 6) is -0.187. The lowest BCUT2D eigenvalue weighted by atomic mass is 9.97. The number of carbonyl (C=O) groups excluding carboxylic acids is 1. The van der Waals surface area contributed by atoms with Gasteiger partial charge in [0, 0.05) is 25.2 Å². The molecule has 1 atom stereocenters. The van der Waals surface area contributed by atoms with Crippen molar-refractivity contribution in [2.24, 2.45) is 11.7 Å². The lowest BCUT2D eigenvalue weighted by Crippen LogP contribution is -2.34. The van der Waals surface area contributed by atoms with Gasteiger partial charge in [-0.15, -0.1) is 0 Å². The number of rotatable bonds is 4. The Balaban J connectivity index is 2.23. The van der Waals surface area contributed by atoms with Crippen LogP contribution in [0.25, 0.3) is 10.9 Å². The number of nitrogens with one attached hydrogen (secondary N) is 1. The molecule has 0 fully saturated rings. The van der Waals surface area contributed by atoms with Crippen molar-refractivity contribution in [3.63, 3.8) is 0 Å². The molecular formula is C14H17N3O. The number of hydrogen-bond donors (Lipinski definition) is 2. The van der Waals surface area contributed by atoms with Crippen molar-refractivity contribution in [2.75, 3.05) is 13.6 Å². The number of hydrogen-bond acceptors (Lipinski definition) is 3. The number of benzene rings is 1. The standard InChI is InChI=1S/C14H17N3O/c1-16-14(18)12(9-15)8-10-4-5-13-11(7-10)3-2-6-17-13/h2-7,12H,8-9,15H2,1H3,(H,16,18). The van der Waals surface area contributed by atoms with E-state index in [1.807, 2.05) is 24.3 Å². The molecule has 1 amide bonds. The van der Waals surface area contributed by atoms with Crippen molar-refractivity contribution in [3.8, 4) is 0 Å². The molecular weight excluding hydrogens is 226 g/mol. The quantitative estimate of drug-likeness (QED) is 0.845. The van der Waals surface area contributed by atoms with Gasteiger partial charge in [0.25, 0.3) is 0 Å². The third-order valence-corrected chi connectivity index (χ3v) is 3.05. The van der Waals surface area contributed by atoms with Crippen LogP contribution in [0.2, 0.25) is 0 Å². The fraction of sp³-hybridized carbons (Fsp3) is 0.286. The first-order valence-corrected chi connectivity index (χ1v) is 6.00. The van der Waals surface area contributed by atoms with Gasteiger partial charge in [0.2, 0.25) is 5.91 Å². The van der Waals surface area contributed by atoms with Crippen LogP contribution in [0.5, 0.6) is 0 Å². The van der Waals surface area contributed by atoms with Gasteiger partial charge in [0.15, 0.2) is 0 Å². The van der Waals surface area contributed by atoms with Crippen LogP contribution in [0.1, 0.15) is 5.56 Å². The largest absolute Gasteiger partial charge is 0.359 e. The lowest BCUT2D eigenvalue weighted by Gasteiger charge is -2.13. The van der Waals surface area contributed by atoms with E-state index in [9.17, 15) is 4.79 Å². The van der Waals surface area contributed by atoms with Gasteiger partial charge >= 0.3 is 0 Å². The topological polar surface area (TPSA) is 68.0 Å². The van der Waals surface area contributed by atoms with E-state index in [0.29, 0.717) is 13.0 Å². The molecule has 0 aliphatic heterocycles. The summed E-state index contributed by atoms with van der Waals surface area (Å²) >= 11 is 0. The van der Waals surface area contributed by atoms with E-state index < -0.39 is 0 Å². The normalized spacial score (nSPS) is 12.3. The van der Waals surface area contributed by atoms with Crippen LogP contribution in [0.3, 0.4) is 0 Å². The maximum absolute atomic E-state index is 11.6. The number of nitrogens with zero attached hydrogens (tertiary/aromatic N) is 1. The molecule has 0 radical (unpaired) electrons. The Kier molecular flexibility index (Phi) is 3.89. The highest BCUT2D eigenvalue weighted by Gasteiger charge is 2.15. The summed E-state index contributed by atoms with van der Waals surface area (Å²) in [4.78, 5) is 15.9. The number of aromatic nitrogens is 1. The van der Waals surface area contributed by atoms with Gasteiger partial charge in [-0.2, -0.15) is 0 Å². The number of carbonyl (C=O) groups is 1. The van der Waals surface area contributed by atoms with Gasteiger partial charge in [0.05, 0.1) is 11.4 Å². The van der Waals surface area contributed by atoms with E-state index in [0.717, 1.165) is 16.5 Å². The highest BCUT2D eigenvalue weighted by Crippen LogP contribution is 2.16. The van der Waals surface area contributed by atoms with Gasteiger partial charge < -0.3 is 11.1 Å². The second kappa shape index (κ2) is 5.60. The molecule has 1 unspecified atom stereocenters. The van der Waals surface area contributed by atoms with E-state index in [1.54, 1.807) is 13.2 Å². The highest BCUT2D eigenvalue weighted by molar-refractivity contribution is 5.80. The van der Waals surface area contributed by atoms with Crippen molar-refractivity contribution in [3.05, 3.63) is 42.1 Å². The van der Waals surface area contributed by atoms with E-state index >= 15 is 0 Å². The monoisotopic (exact) mass is 243 g/mol. The van der Waals surface area contributed by atoms with Crippen LogP contribution in [-0.4, -0.2) is 24.5 Å². The predicted octanol–water partition coefficient (Wildman–Crippen LogP) is 1.10. The Bertz CT molecular complexity index is 553. The molecule has 0 aliphatic rings. The average Bonchev–Trinajstić information content (AvgIpc) is 2.43. The fourth-order valence-electron chi connectivity index (χ4n) is 2.02. The predicted molar refractivity (Wildman–Crippen MR) is 72.1 cm³/mol. The van der Waals surface area contributed by atoms with E-state index in [-0.39, 0.29) is 11.8 Å². The Hall–Kier alpha value is -1.94. The molecule has 0 saturated heterocycles. The molecule has 0 aliphatic carbocycles. The van der Waals surface area contributed by atoms with Crippen molar-refractivity contribution in [1.29, 1.82) is 0 Å². The molecule has 94 valence electrons. The van der Waals surface area contributed by atoms with Crippen LogP contribution in [0.4, 0.5) is 0 Å². The second-order valence-electron chi connectivity index (χ2n) is 4.28. The number of nitrogens with two attached hydrogens (primary N) is 1. The number of pyridine rings is 1. The summed E-state index contributed by atoms with van der Waals surface area (Å²) in [6.07, 6.45) is 2.43. The lowest BCUT2D eigenvalue weighted by molar-refractivity contribution is -0.124. The summed E-state index contributed by atoms with van der Waals surface area (Å²) in [5.41, 5.74) is 7.71. The smallest absolute Gasteiger partial charge is 0.224 e. The minimum Gasteiger partial charge on any atom is -0.359 e. The molecule has 18 heavy (non-hydrogen) atoms. The molecule has 2 aromatic rings. The molecule has 0 bridgehead atoms. The van der Waals surface area contributed by atoms with E-state index in [2.05, 4.69) is 16.4 Å². The summed E-state index contributed by atoms with van der Waals surface area (Å²) < 4.78 is 0. The Morgan fingerprint density at radius 2 is 2.28 bits per heavy atom. The Morgan fingerprint density at radius 3 is 3.00 bits per heavy atom. The third-order valence-electron chi connectivity index (χ3n) is 3.05. The van der Waals surface area contributed by atoms with Crippen LogP contribution in [0.15, 0.2) is 36.5 Å². The first-order valence-electron chi connectivity index (χ1n) is 6.00. The number of fused-ring (bicyclic) bond motifs is 1. The van der Waals surface area contributed by atoms with Gasteiger partial charge in [-0.3, -0.25) is 9.78 Å². The molecule has 0 saturated carbocycles. The highest BCUT2D eigenvalue weighted by atomic mass is 16.1. The molecule has 0 spiro atoms. The fourth-order valence-corrected chi connectivity index (χ4v) is 2.02. The van der Waals surface area contributed by atoms with Crippen molar-refractivity contribution < 1.29 is 4.79 Å². The summed E-state index contributed by atoms with van der Waals surface area (Å²) in [6, 6.07) is 9.96. The zero-order valence-corrected chi connectivity index (χ0v) is 10.4. The van der Waals surface area contributed by atoms with Crippen molar-refractivity contribution >= 4 is 16.8 Å². The van der Waals surface area contributed by atoms with Crippen LogP contribution >= 0.6 is 0 Å². The zero-order valence-electron chi connectivity index (χ0n) is 10.4. The summed E-state index contributed by atoms with van der Waals surface area (Å²) in [7, 11) is 1.63. The van der Waals surface area contributed by atoms with Crippen molar-refractivity contribution in [1.82, 2.24) is 10.3 Å². The molecule has 4 heteroatoms. The molecule has 2 rings (SSSR count). The second-order valence-corrected chi connectivity index (χ2v) is 4.28. The SMILES string of the molecule is CNC(=O)C(CN)Cc1ccc2ncccc2c1. The Morgan fingerprint density at radius 1 is 1.44 bits per heavy atom. The summed E-state index contributed by atoms with van der Waals surface area (Å²) in [5, 5.41) is 3.73. The first-order chi connectivity index (χ1) is 8.74. The molecule has 1 heterocycles.